The van der Waals surface area contributed by atoms with Crippen LogP contribution in [-0.2, 0) is 39.2 Å². The number of aromatic hydroxyl groups is 2. The molecule has 2 N–H and O–H groups in total. The number of carboxylic acid groups (broad SMARTS) is 2. The third kappa shape index (κ3) is 11.7. The SMILES string of the molecule is CC(=O)[O-].CC(=O)[O-].CCCCc1cc(C)c(O)c(C=NC2CC3CCC2(N=Cc2cc(CCCC)cc(C)c2O)C3)c1.[Co+2]. The van der Waals surface area contributed by atoms with Gasteiger partial charge in [-0.05, 0) is 119 Å². The minimum absolute atomic E-state index is 0. The summed E-state index contributed by atoms with van der Waals surface area (Å²) in [5.41, 5.74) is 5.78. The zero-order valence-corrected chi connectivity index (χ0v) is 28.0. The molecule has 3 atom stereocenters. The number of hydrogen-bond acceptors (Lipinski definition) is 8. The van der Waals surface area contributed by atoms with Gasteiger partial charge in [0, 0.05) is 35.5 Å². The van der Waals surface area contributed by atoms with Gasteiger partial charge in [0.2, 0.25) is 0 Å². The average molecular weight is 652 g/mol. The van der Waals surface area contributed by atoms with E-state index in [4.69, 9.17) is 29.8 Å². The summed E-state index contributed by atoms with van der Waals surface area (Å²) < 4.78 is 0. The number of benzene rings is 2. The molecule has 2 aromatic carbocycles. The van der Waals surface area contributed by atoms with E-state index in [1.807, 2.05) is 26.3 Å². The average Bonchev–Trinajstić information content (AvgIpc) is 3.50. The van der Waals surface area contributed by atoms with Crippen molar-refractivity contribution in [3.63, 3.8) is 0 Å². The Bertz CT molecular complexity index is 1290. The van der Waals surface area contributed by atoms with Crippen molar-refractivity contribution in [1.29, 1.82) is 0 Å². The molecule has 3 unspecified atom stereocenters. The number of nitrogens with zero attached hydrogens (tertiary/aromatic N) is 2. The number of phenols is 2. The maximum atomic E-state index is 10.7. The van der Waals surface area contributed by atoms with E-state index in [-0.39, 0.29) is 28.4 Å². The summed E-state index contributed by atoms with van der Waals surface area (Å²) in [7, 11) is 0. The van der Waals surface area contributed by atoms with Crippen molar-refractivity contribution in [2.45, 2.75) is 117 Å². The zero-order valence-electron chi connectivity index (χ0n) is 26.9. The van der Waals surface area contributed by atoms with E-state index in [9.17, 15) is 10.2 Å². The van der Waals surface area contributed by atoms with E-state index in [1.54, 1.807) is 0 Å². The van der Waals surface area contributed by atoms with Crippen LogP contribution in [0.5, 0.6) is 11.5 Å². The van der Waals surface area contributed by atoms with Gasteiger partial charge in [-0.25, -0.2) is 0 Å². The Kier molecular flexibility index (Phi) is 16.4. The molecule has 0 aliphatic heterocycles. The van der Waals surface area contributed by atoms with Gasteiger partial charge in [0.1, 0.15) is 11.5 Å². The predicted octanol–water partition coefficient (Wildman–Crippen LogP) is 4.76. The van der Waals surface area contributed by atoms with Crippen LogP contribution in [0, 0.1) is 19.8 Å². The Labute approximate surface area is 272 Å². The second-order valence-corrected chi connectivity index (χ2v) is 11.9. The van der Waals surface area contributed by atoms with Crippen LogP contribution in [0.15, 0.2) is 34.3 Å². The number of carboxylic acids is 2. The Hall–Kier alpha value is -3.17. The molecule has 2 bridgehead atoms. The smallest absolute Gasteiger partial charge is 0.550 e. The van der Waals surface area contributed by atoms with Crippen molar-refractivity contribution in [3.05, 3.63) is 57.6 Å². The van der Waals surface area contributed by atoms with Gasteiger partial charge in [0.05, 0.1) is 11.6 Å². The Balaban J connectivity index is 0.000000962. The first-order valence-corrected chi connectivity index (χ1v) is 15.4. The van der Waals surface area contributed by atoms with Gasteiger partial charge in [-0.15, -0.1) is 0 Å². The first kappa shape index (κ1) is 38.9. The molecule has 2 aliphatic carbocycles. The third-order valence-electron chi connectivity index (χ3n) is 8.08. The van der Waals surface area contributed by atoms with Gasteiger partial charge in [0.15, 0.2) is 0 Å². The van der Waals surface area contributed by atoms with E-state index in [0.717, 1.165) is 93.9 Å². The molecule has 0 heterocycles. The standard InChI is InChI=1S/C31H42N2O2.2C2H4O2.Co/c1-5-7-9-23-13-21(3)29(34)26(15-23)19-32-28-17-25-11-12-31(28,18-25)33-20-27-16-24(10-8-6-2)14-22(4)30(27)35;2*1-2(3)4;/h13-16,19-20,25,28,34-35H,5-12,17-18H2,1-4H3;2*1H3,(H,3,4);/q;;;+2/p-2. The van der Waals surface area contributed by atoms with Crippen LogP contribution >= 0.6 is 0 Å². The first-order valence-electron chi connectivity index (χ1n) is 15.4. The van der Waals surface area contributed by atoms with E-state index in [0.29, 0.717) is 17.4 Å². The molecule has 0 aromatic heterocycles. The van der Waals surface area contributed by atoms with E-state index >= 15 is 0 Å². The fourth-order valence-electron chi connectivity index (χ4n) is 5.98. The van der Waals surface area contributed by atoms with Crippen molar-refractivity contribution in [2.24, 2.45) is 15.9 Å². The van der Waals surface area contributed by atoms with Crippen LogP contribution in [0.3, 0.4) is 0 Å². The Morgan fingerprint density at radius 1 is 0.886 bits per heavy atom. The number of fused-ring (bicyclic) bond motifs is 2. The van der Waals surface area contributed by atoms with E-state index < -0.39 is 11.9 Å². The second-order valence-electron chi connectivity index (χ2n) is 11.9. The summed E-state index contributed by atoms with van der Waals surface area (Å²) in [6.07, 6.45) is 14.8. The van der Waals surface area contributed by atoms with Crippen LogP contribution in [0.25, 0.3) is 0 Å². The topological polar surface area (TPSA) is 145 Å². The number of rotatable bonds is 10. The number of unbranched alkanes of at least 4 members (excludes halogenated alkanes) is 2. The van der Waals surface area contributed by atoms with E-state index in [1.165, 1.54) is 17.5 Å². The van der Waals surface area contributed by atoms with Crippen LogP contribution in [-0.4, -0.2) is 46.2 Å². The molecular weight excluding hydrogens is 603 g/mol. The first-order chi connectivity index (χ1) is 20.3. The van der Waals surface area contributed by atoms with Crippen LogP contribution < -0.4 is 10.2 Å². The number of hydrogen-bond donors (Lipinski definition) is 2. The fraction of sp³-hybridized carbons (Fsp3) is 0.543. The third-order valence-corrected chi connectivity index (χ3v) is 8.08. The Morgan fingerprint density at radius 2 is 1.34 bits per heavy atom. The van der Waals surface area contributed by atoms with Crippen molar-refractivity contribution < 1.29 is 46.8 Å². The van der Waals surface area contributed by atoms with Gasteiger partial charge in [-0.2, -0.15) is 0 Å². The van der Waals surface area contributed by atoms with Gasteiger partial charge >= 0.3 is 16.8 Å². The molecule has 0 spiro atoms. The molecule has 243 valence electrons. The summed E-state index contributed by atoms with van der Waals surface area (Å²) in [4.78, 5) is 27.9. The Morgan fingerprint density at radius 3 is 1.77 bits per heavy atom. The summed E-state index contributed by atoms with van der Waals surface area (Å²) in [5.74, 6) is -0.840. The van der Waals surface area contributed by atoms with E-state index in [2.05, 4.69) is 38.1 Å². The largest absolute Gasteiger partial charge is 2.00 e. The van der Waals surface area contributed by atoms with Crippen LogP contribution in [0.4, 0.5) is 0 Å². The van der Waals surface area contributed by atoms with Crippen molar-refractivity contribution in [2.75, 3.05) is 0 Å². The maximum absolute atomic E-state index is 10.7. The quantitative estimate of drug-likeness (QED) is 0.355. The van der Waals surface area contributed by atoms with Crippen molar-refractivity contribution in [3.8, 4) is 11.5 Å². The van der Waals surface area contributed by atoms with Crippen molar-refractivity contribution in [1.82, 2.24) is 0 Å². The number of aliphatic carboxylic acids is 2. The number of phenolic OH excluding ortho intramolecular Hbond substituents is 2. The molecule has 2 saturated carbocycles. The fourth-order valence-corrected chi connectivity index (χ4v) is 5.98. The maximum Gasteiger partial charge on any atom is 2.00 e. The monoisotopic (exact) mass is 651 g/mol. The molecule has 0 saturated heterocycles. The van der Waals surface area contributed by atoms with Crippen LogP contribution in [0.1, 0.15) is 112 Å². The summed E-state index contributed by atoms with van der Waals surface area (Å²) in [6.45, 7) is 10.3. The molecule has 8 nitrogen and oxygen atoms in total. The minimum Gasteiger partial charge on any atom is -0.550 e. The van der Waals surface area contributed by atoms with Gasteiger partial charge in [-0.3, -0.25) is 9.98 Å². The molecule has 2 fully saturated rings. The molecule has 0 amide bonds. The predicted molar refractivity (Wildman–Crippen MR) is 168 cm³/mol. The molecule has 2 aromatic rings. The number of aliphatic imine (C=N–C) groups is 2. The van der Waals surface area contributed by atoms with Crippen molar-refractivity contribution >= 4 is 24.4 Å². The zero-order chi connectivity index (χ0) is 32.2. The second kappa shape index (κ2) is 18.6. The van der Waals surface area contributed by atoms with Gasteiger partial charge < -0.3 is 30.0 Å². The molecule has 4 rings (SSSR count). The number of aryl methyl sites for hydroxylation is 4. The molecule has 9 heteroatoms. The molecular formula is C35H48CoN2O6. The number of carbonyl (C=O) groups excluding carboxylic acids is 2. The molecule has 44 heavy (non-hydrogen) atoms. The molecule has 2 aliphatic rings. The number of carbonyl (C=O) groups is 2. The normalized spacial score (nSPS) is 20.0. The van der Waals surface area contributed by atoms with Crippen LogP contribution in [0.2, 0.25) is 0 Å². The summed E-state index contributed by atoms with van der Waals surface area (Å²) >= 11 is 0. The summed E-state index contributed by atoms with van der Waals surface area (Å²) in [5, 5.41) is 39.1. The van der Waals surface area contributed by atoms with Gasteiger partial charge in [0.25, 0.3) is 0 Å². The minimum atomic E-state index is -1.08. The summed E-state index contributed by atoms with van der Waals surface area (Å²) in [6, 6.07) is 8.49. The van der Waals surface area contributed by atoms with Gasteiger partial charge in [-0.1, -0.05) is 38.8 Å². The molecule has 1 radical (unpaired) electrons.